The zero-order chi connectivity index (χ0) is 14.5. The number of nitrogens with one attached hydrogen (secondary N) is 1. The summed E-state index contributed by atoms with van der Waals surface area (Å²) in [7, 11) is 0. The number of hydrogen-bond acceptors (Lipinski definition) is 3. The normalized spacial score (nSPS) is 11.3. The highest BCUT2D eigenvalue weighted by Gasteiger charge is 2.37. The van der Waals surface area contributed by atoms with E-state index in [9.17, 15) is 4.79 Å². The van der Waals surface area contributed by atoms with Gasteiger partial charge in [-0.15, -0.1) is 11.3 Å². The largest absolute Gasteiger partial charge is 0.392 e. The summed E-state index contributed by atoms with van der Waals surface area (Å²) >= 11 is 6.81. The summed E-state index contributed by atoms with van der Waals surface area (Å²) < 4.78 is 0. The van der Waals surface area contributed by atoms with E-state index < -0.39 is 5.41 Å². The van der Waals surface area contributed by atoms with Crippen LogP contribution in [0.25, 0.3) is 0 Å². The van der Waals surface area contributed by atoms with Crippen LogP contribution in [0.15, 0.2) is 12.1 Å². The van der Waals surface area contributed by atoms with Gasteiger partial charge in [-0.3, -0.25) is 4.79 Å². The number of thiophene rings is 1. The van der Waals surface area contributed by atoms with Crippen LogP contribution in [0.4, 0.5) is 0 Å². The van der Waals surface area contributed by atoms with Crippen LogP contribution in [0.2, 0.25) is 0 Å². The molecule has 0 atom stereocenters. The molecule has 0 aliphatic carbocycles. The van der Waals surface area contributed by atoms with Gasteiger partial charge in [0.05, 0.1) is 16.9 Å². The first-order chi connectivity index (χ1) is 9.00. The Kier molecular flexibility index (Phi) is 5.94. The number of nitrogens with two attached hydrogens (primary N) is 1. The highest BCUT2D eigenvalue weighted by atomic mass is 32.1. The molecule has 0 fully saturated rings. The second-order valence-corrected chi connectivity index (χ2v) is 6.25. The molecule has 0 saturated heterocycles. The number of carbonyl (C=O) groups excluding carboxylic acids is 1. The number of amides is 1. The number of aryl methyl sites for hydroxylation is 1. The quantitative estimate of drug-likeness (QED) is 0.761. The van der Waals surface area contributed by atoms with E-state index >= 15 is 0 Å². The zero-order valence-electron chi connectivity index (χ0n) is 11.8. The molecule has 19 heavy (non-hydrogen) atoms. The van der Waals surface area contributed by atoms with Crippen molar-refractivity contribution in [2.24, 2.45) is 11.1 Å². The number of thiocarbonyl (C=S) groups is 1. The van der Waals surface area contributed by atoms with Gasteiger partial charge in [0.15, 0.2) is 0 Å². The Morgan fingerprint density at radius 2 is 1.89 bits per heavy atom. The van der Waals surface area contributed by atoms with Gasteiger partial charge in [-0.1, -0.05) is 33.0 Å². The smallest absolute Gasteiger partial charge is 0.233 e. The van der Waals surface area contributed by atoms with Crippen molar-refractivity contribution in [1.29, 1.82) is 0 Å². The van der Waals surface area contributed by atoms with E-state index in [4.69, 9.17) is 18.0 Å². The van der Waals surface area contributed by atoms with Crippen LogP contribution in [-0.4, -0.2) is 10.9 Å². The number of rotatable bonds is 7. The van der Waals surface area contributed by atoms with Gasteiger partial charge in [-0.2, -0.15) is 0 Å². The fraction of sp³-hybridized carbons (Fsp3) is 0.571. The molecule has 0 unspecified atom stereocenters. The predicted octanol–water partition coefficient (Wildman–Crippen LogP) is 3.02. The van der Waals surface area contributed by atoms with E-state index in [0.29, 0.717) is 19.4 Å². The van der Waals surface area contributed by atoms with Gasteiger partial charge in [0.1, 0.15) is 0 Å². The molecule has 1 aromatic rings. The van der Waals surface area contributed by atoms with Gasteiger partial charge in [0.25, 0.3) is 0 Å². The third kappa shape index (κ3) is 3.54. The lowest BCUT2D eigenvalue weighted by Gasteiger charge is -2.28. The minimum atomic E-state index is -0.708. The average Bonchev–Trinajstić information content (AvgIpc) is 2.86. The second-order valence-electron chi connectivity index (χ2n) is 4.56. The molecule has 1 amide bonds. The highest BCUT2D eigenvalue weighted by Crippen LogP contribution is 2.27. The van der Waals surface area contributed by atoms with Crippen LogP contribution in [0.1, 0.15) is 43.4 Å². The van der Waals surface area contributed by atoms with Crippen LogP contribution in [0.3, 0.4) is 0 Å². The topological polar surface area (TPSA) is 55.1 Å². The van der Waals surface area contributed by atoms with Crippen molar-refractivity contribution in [2.75, 3.05) is 0 Å². The molecule has 0 aromatic carbocycles. The van der Waals surface area contributed by atoms with Crippen molar-refractivity contribution in [3.8, 4) is 0 Å². The van der Waals surface area contributed by atoms with E-state index in [1.165, 1.54) is 4.88 Å². The Labute approximate surface area is 124 Å². The van der Waals surface area contributed by atoms with E-state index in [2.05, 4.69) is 24.4 Å². The third-order valence-corrected chi connectivity index (χ3v) is 5.22. The van der Waals surface area contributed by atoms with Gasteiger partial charge in [0, 0.05) is 9.75 Å². The lowest BCUT2D eigenvalue weighted by Crippen LogP contribution is -2.48. The molecular formula is C14H22N2OS2. The molecular weight excluding hydrogens is 276 g/mol. The summed E-state index contributed by atoms with van der Waals surface area (Å²) in [5.74, 6) is -0.0588. The lowest BCUT2D eigenvalue weighted by atomic mass is 9.81. The van der Waals surface area contributed by atoms with Crippen molar-refractivity contribution < 1.29 is 4.79 Å². The lowest BCUT2D eigenvalue weighted by molar-refractivity contribution is -0.128. The molecule has 5 heteroatoms. The van der Waals surface area contributed by atoms with Crippen molar-refractivity contribution in [3.05, 3.63) is 21.9 Å². The monoisotopic (exact) mass is 298 g/mol. The molecule has 0 aliphatic heterocycles. The number of carbonyl (C=O) groups is 1. The first-order valence-corrected chi connectivity index (χ1v) is 7.88. The second kappa shape index (κ2) is 7.01. The maximum atomic E-state index is 12.3. The molecule has 1 rings (SSSR count). The van der Waals surface area contributed by atoms with Gasteiger partial charge in [-0.25, -0.2) is 0 Å². The Hall–Kier alpha value is -0.940. The Morgan fingerprint density at radius 1 is 1.32 bits per heavy atom. The van der Waals surface area contributed by atoms with Crippen LogP contribution >= 0.6 is 23.6 Å². The van der Waals surface area contributed by atoms with Crippen LogP contribution in [-0.2, 0) is 17.8 Å². The SMILES string of the molecule is CCc1ccc(CNC(=O)C(CC)(CC)C(N)=S)s1. The van der Waals surface area contributed by atoms with Crippen molar-refractivity contribution in [2.45, 2.75) is 46.6 Å². The molecule has 0 spiro atoms. The van der Waals surface area contributed by atoms with Crippen molar-refractivity contribution in [1.82, 2.24) is 5.32 Å². The molecule has 3 N–H and O–H groups in total. The summed E-state index contributed by atoms with van der Waals surface area (Å²) in [5.41, 5.74) is 5.05. The standard InChI is InChI=1S/C14H22N2OS2/c1-4-10-7-8-11(19-10)9-16-13(17)14(5-2,6-3)12(15)18/h7-8H,4-6,9H2,1-3H3,(H2,15,18)(H,16,17). The fourth-order valence-electron chi connectivity index (χ4n) is 2.08. The molecule has 0 saturated carbocycles. The van der Waals surface area contributed by atoms with Crippen LogP contribution in [0, 0.1) is 5.41 Å². The summed E-state index contributed by atoms with van der Waals surface area (Å²) in [6, 6.07) is 4.16. The van der Waals surface area contributed by atoms with Gasteiger partial charge < -0.3 is 11.1 Å². The summed E-state index contributed by atoms with van der Waals surface area (Å²) in [5, 5.41) is 2.96. The maximum Gasteiger partial charge on any atom is 0.233 e. The zero-order valence-corrected chi connectivity index (χ0v) is 13.4. The summed E-state index contributed by atoms with van der Waals surface area (Å²) in [4.78, 5) is 15.1. The van der Waals surface area contributed by atoms with Crippen LogP contribution < -0.4 is 11.1 Å². The molecule has 0 radical (unpaired) electrons. The van der Waals surface area contributed by atoms with Crippen molar-refractivity contribution >= 4 is 34.5 Å². The summed E-state index contributed by atoms with van der Waals surface area (Å²) in [6.45, 7) is 6.57. The van der Waals surface area contributed by atoms with Gasteiger partial charge >= 0.3 is 0 Å². The van der Waals surface area contributed by atoms with Gasteiger partial charge in [0.2, 0.25) is 5.91 Å². The number of hydrogen-bond donors (Lipinski definition) is 2. The predicted molar refractivity (Wildman–Crippen MR) is 85.3 cm³/mol. The highest BCUT2D eigenvalue weighted by molar-refractivity contribution is 7.80. The molecule has 106 valence electrons. The minimum Gasteiger partial charge on any atom is -0.392 e. The Bertz CT molecular complexity index is 450. The first-order valence-electron chi connectivity index (χ1n) is 6.65. The Morgan fingerprint density at radius 3 is 2.32 bits per heavy atom. The Balaban J connectivity index is 2.70. The molecule has 1 aromatic heterocycles. The summed E-state index contributed by atoms with van der Waals surface area (Å²) in [6.07, 6.45) is 2.30. The maximum absolute atomic E-state index is 12.3. The average molecular weight is 298 g/mol. The fourth-order valence-corrected chi connectivity index (χ4v) is 3.35. The third-order valence-electron chi connectivity index (χ3n) is 3.60. The molecule has 0 bridgehead atoms. The molecule has 3 nitrogen and oxygen atoms in total. The van der Waals surface area contributed by atoms with E-state index in [-0.39, 0.29) is 10.9 Å². The molecule has 1 heterocycles. The van der Waals surface area contributed by atoms with Gasteiger partial charge in [-0.05, 0) is 31.4 Å². The van der Waals surface area contributed by atoms with Crippen molar-refractivity contribution in [3.63, 3.8) is 0 Å². The minimum absolute atomic E-state index is 0.0588. The van der Waals surface area contributed by atoms with Crippen LogP contribution in [0.5, 0.6) is 0 Å². The van der Waals surface area contributed by atoms with E-state index in [1.54, 1.807) is 11.3 Å². The van der Waals surface area contributed by atoms with E-state index in [0.717, 1.165) is 11.3 Å². The van der Waals surface area contributed by atoms with E-state index in [1.807, 2.05) is 13.8 Å². The first kappa shape index (κ1) is 16.1. The molecule has 0 aliphatic rings.